The molecule has 1 amide bonds. The van der Waals surface area contributed by atoms with E-state index in [9.17, 15) is 22.5 Å². The molecule has 160 valence electrons. The zero-order valence-corrected chi connectivity index (χ0v) is 17.4. The number of halogens is 3. The van der Waals surface area contributed by atoms with E-state index in [-0.39, 0.29) is 25.0 Å². The van der Waals surface area contributed by atoms with Gasteiger partial charge in [0.05, 0.1) is 13.2 Å². The number of amides is 1. The fraction of sp³-hybridized carbons (Fsp3) is 0.941. The van der Waals surface area contributed by atoms with Crippen LogP contribution in [0, 0.1) is 17.8 Å². The van der Waals surface area contributed by atoms with Gasteiger partial charge in [0.25, 0.3) is 0 Å². The molecule has 1 rings (SSSR count). The summed E-state index contributed by atoms with van der Waals surface area (Å²) in [6, 6.07) is 0. The van der Waals surface area contributed by atoms with Gasteiger partial charge in [0.2, 0.25) is 5.78 Å². The van der Waals surface area contributed by atoms with Crippen LogP contribution in [0.25, 0.3) is 0 Å². The van der Waals surface area contributed by atoms with Gasteiger partial charge in [0.1, 0.15) is 6.10 Å². The number of carbonyl (C=O) groups is 1. The Labute approximate surface area is 159 Å². The number of nitrogens with one attached hydrogen (secondary N) is 1. The van der Waals surface area contributed by atoms with Crippen molar-refractivity contribution >= 4 is 13.7 Å². The monoisotopic (exact) mass is 417 g/mol. The van der Waals surface area contributed by atoms with Crippen LogP contribution in [-0.2, 0) is 18.3 Å². The van der Waals surface area contributed by atoms with E-state index >= 15 is 0 Å². The van der Waals surface area contributed by atoms with E-state index in [0.717, 1.165) is 12.8 Å². The molecule has 1 unspecified atom stereocenters. The second-order valence-corrected chi connectivity index (χ2v) is 9.35. The van der Waals surface area contributed by atoms with Crippen molar-refractivity contribution < 1.29 is 36.3 Å². The van der Waals surface area contributed by atoms with Gasteiger partial charge in [-0.05, 0) is 44.4 Å². The summed E-state index contributed by atoms with van der Waals surface area (Å²) in [5.41, 5.74) is 0. The molecule has 0 aliphatic heterocycles. The molecular weight excluding hydrogens is 386 g/mol. The van der Waals surface area contributed by atoms with Gasteiger partial charge in [0, 0.05) is 0 Å². The predicted octanol–water partition coefficient (Wildman–Crippen LogP) is 5.33. The Bertz CT molecular complexity index is 519. The lowest BCUT2D eigenvalue weighted by Gasteiger charge is -2.37. The fourth-order valence-corrected chi connectivity index (χ4v) is 5.13. The number of ether oxygens (including phenoxy) is 1. The summed E-state index contributed by atoms with van der Waals surface area (Å²) < 4.78 is 67.8. The smallest absolute Gasteiger partial charge is 0.420 e. The molecule has 0 aromatic carbocycles. The van der Waals surface area contributed by atoms with Crippen LogP contribution in [0.1, 0.15) is 53.9 Å². The highest BCUT2D eigenvalue weighted by atomic mass is 31.2. The van der Waals surface area contributed by atoms with Crippen LogP contribution in [0.2, 0.25) is 0 Å². The summed E-state index contributed by atoms with van der Waals surface area (Å²) in [5.74, 6) is -2.17. The van der Waals surface area contributed by atoms with Crippen molar-refractivity contribution in [2.24, 2.45) is 17.8 Å². The Morgan fingerprint density at radius 2 is 1.74 bits per heavy atom. The molecule has 0 aromatic rings. The molecule has 6 nitrogen and oxygen atoms in total. The SMILES string of the molecule is CCOP(=O)(OCC)C(NC(=O)O[C@@H]1C[C@H](C)CC[C@H]1C(C)C)C(F)(F)F. The third kappa shape index (κ3) is 6.95. The van der Waals surface area contributed by atoms with Gasteiger partial charge < -0.3 is 13.8 Å². The molecule has 4 atom stereocenters. The Hall–Kier alpha value is -0.790. The highest BCUT2D eigenvalue weighted by Crippen LogP contribution is 2.57. The van der Waals surface area contributed by atoms with E-state index in [1.165, 1.54) is 13.8 Å². The topological polar surface area (TPSA) is 73.9 Å². The Balaban J connectivity index is 2.94. The lowest BCUT2D eigenvalue weighted by atomic mass is 9.75. The zero-order chi connectivity index (χ0) is 20.8. The van der Waals surface area contributed by atoms with Crippen molar-refractivity contribution in [3.8, 4) is 0 Å². The molecule has 0 saturated heterocycles. The van der Waals surface area contributed by atoms with Crippen LogP contribution in [-0.4, -0.2) is 37.4 Å². The fourth-order valence-electron chi connectivity index (χ4n) is 3.42. The van der Waals surface area contributed by atoms with E-state index in [1.807, 2.05) is 20.8 Å². The first kappa shape index (κ1) is 24.2. The number of rotatable bonds is 8. The largest absolute Gasteiger partial charge is 0.446 e. The summed E-state index contributed by atoms with van der Waals surface area (Å²) in [6.07, 6.45) is -4.35. The van der Waals surface area contributed by atoms with Crippen molar-refractivity contribution in [1.82, 2.24) is 5.32 Å². The average Bonchev–Trinajstić information content (AvgIpc) is 2.51. The van der Waals surface area contributed by atoms with Crippen LogP contribution < -0.4 is 5.32 Å². The molecule has 1 aliphatic carbocycles. The molecule has 0 bridgehead atoms. The summed E-state index contributed by atoms with van der Waals surface area (Å²) in [5, 5.41) is 1.69. The van der Waals surface area contributed by atoms with Crippen molar-refractivity contribution in [2.45, 2.75) is 71.9 Å². The van der Waals surface area contributed by atoms with Gasteiger partial charge in [0.15, 0.2) is 0 Å². The molecule has 0 heterocycles. The van der Waals surface area contributed by atoms with Gasteiger partial charge in [-0.1, -0.05) is 27.2 Å². The van der Waals surface area contributed by atoms with Crippen LogP contribution in [0.3, 0.4) is 0 Å². The maximum atomic E-state index is 13.5. The Morgan fingerprint density at radius 1 is 1.19 bits per heavy atom. The highest BCUT2D eigenvalue weighted by molar-refractivity contribution is 7.54. The Morgan fingerprint density at radius 3 is 2.19 bits per heavy atom. The van der Waals surface area contributed by atoms with E-state index in [2.05, 4.69) is 0 Å². The standard InChI is InChI=1S/C17H31F3NO5P/c1-6-24-27(23,25-7-2)15(17(18,19)20)21-16(22)26-14-10-12(5)8-9-13(14)11(3)4/h11-15H,6-10H2,1-5H3,(H,21,22)/t12-,13+,14-,15?/m1/s1. The molecule has 0 spiro atoms. The van der Waals surface area contributed by atoms with Gasteiger partial charge in [-0.3, -0.25) is 9.88 Å². The number of carbonyl (C=O) groups excluding carboxylic acids is 1. The quantitative estimate of drug-likeness (QED) is 0.541. The summed E-state index contributed by atoms with van der Waals surface area (Å²) in [7, 11) is -4.64. The minimum atomic E-state index is -5.02. The Kier molecular flexibility index (Phi) is 9.09. The number of alkyl carbamates (subject to hydrolysis) is 1. The van der Waals surface area contributed by atoms with Crippen LogP contribution in [0.15, 0.2) is 0 Å². The third-order valence-electron chi connectivity index (χ3n) is 4.72. The maximum Gasteiger partial charge on any atom is 0.420 e. The lowest BCUT2D eigenvalue weighted by molar-refractivity contribution is -0.141. The zero-order valence-electron chi connectivity index (χ0n) is 16.5. The van der Waals surface area contributed by atoms with Crippen molar-refractivity contribution in [3.05, 3.63) is 0 Å². The van der Waals surface area contributed by atoms with E-state index in [4.69, 9.17) is 13.8 Å². The van der Waals surface area contributed by atoms with Crippen LogP contribution >= 0.6 is 7.60 Å². The maximum absolute atomic E-state index is 13.5. The van der Waals surface area contributed by atoms with E-state index in [1.54, 1.807) is 5.32 Å². The minimum Gasteiger partial charge on any atom is -0.446 e. The van der Waals surface area contributed by atoms with Gasteiger partial charge in [-0.25, -0.2) is 4.79 Å². The molecule has 0 aromatic heterocycles. The second kappa shape index (κ2) is 10.1. The first-order chi connectivity index (χ1) is 12.4. The average molecular weight is 417 g/mol. The van der Waals surface area contributed by atoms with Gasteiger partial charge >= 0.3 is 19.9 Å². The molecule has 1 N–H and O–H groups in total. The van der Waals surface area contributed by atoms with Crippen molar-refractivity contribution in [1.29, 1.82) is 0 Å². The van der Waals surface area contributed by atoms with E-state index in [0.29, 0.717) is 12.3 Å². The number of alkyl halides is 3. The second-order valence-electron chi connectivity index (χ2n) is 7.23. The molecule has 10 heteroatoms. The first-order valence-corrected chi connectivity index (χ1v) is 11.0. The molecular formula is C17H31F3NO5P. The summed E-state index contributed by atoms with van der Waals surface area (Å²) in [4.78, 5) is 12.2. The molecule has 1 saturated carbocycles. The molecule has 27 heavy (non-hydrogen) atoms. The first-order valence-electron chi connectivity index (χ1n) is 9.37. The third-order valence-corrected chi connectivity index (χ3v) is 7.01. The predicted molar refractivity (Wildman–Crippen MR) is 95.4 cm³/mol. The molecule has 0 radical (unpaired) electrons. The number of hydrogen-bond donors (Lipinski definition) is 1. The lowest BCUT2D eigenvalue weighted by Crippen LogP contribution is -2.48. The van der Waals surface area contributed by atoms with Crippen molar-refractivity contribution in [3.63, 3.8) is 0 Å². The summed E-state index contributed by atoms with van der Waals surface area (Å²) >= 11 is 0. The molecule has 1 aliphatic rings. The van der Waals surface area contributed by atoms with Gasteiger partial charge in [-0.2, -0.15) is 13.2 Å². The normalized spacial score (nSPS) is 25.3. The van der Waals surface area contributed by atoms with Gasteiger partial charge in [-0.15, -0.1) is 0 Å². The highest BCUT2D eigenvalue weighted by Gasteiger charge is 2.55. The van der Waals surface area contributed by atoms with Crippen LogP contribution in [0.5, 0.6) is 0 Å². The summed E-state index contributed by atoms with van der Waals surface area (Å²) in [6.45, 7) is 8.29. The van der Waals surface area contributed by atoms with Crippen molar-refractivity contribution in [2.75, 3.05) is 13.2 Å². The number of hydrogen-bond acceptors (Lipinski definition) is 5. The minimum absolute atomic E-state index is 0.0712. The van der Waals surface area contributed by atoms with E-state index < -0.39 is 31.8 Å². The van der Waals surface area contributed by atoms with Crippen LogP contribution in [0.4, 0.5) is 18.0 Å². The molecule has 1 fully saturated rings.